The van der Waals surface area contributed by atoms with E-state index in [2.05, 4.69) is 10.4 Å². The topological polar surface area (TPSA) is 61.8 Å². The van der Waals surface area contributed by atoms with Crippen LogP contribution in [0.3, 0.4) is 0 Å². The summed E-state index contributed by atoms with van der Waals surface area (Å²) in [4.78, 5) is 24.7. The Morgan fingerprint density at radius 3 is 2.57 bits per heavy atom. The van der Waals surface area contributed by atoms with Crippen LogP contribution < -0.4 is 10.3 Å². The standard InChI is InChI=1S/C17H14FN3O2/c1-11-4-2-3-5-15(11)20-16(22)14-10-19-21(17(14)23)13-8-6-12(18)7-9-13/h2-10,14H,1H3,(H,20,22). The van der Waals surface area contributed by atoms with Crippen molar-refractivity contribution in [2.45, 2.75) is 6.92 Å². The SMILES string of the molecule is Cc1ccccc1NC(=O)C1C=NN(c2ccc(F)cc2)C1=O. The van der Waals surface area contributed by atoms with E-state index in [-0.39, 0.29) is 0 Å². The third kappa shape index (κ3) is 2.96. The maximum atomic E-state index is 12.9. The third-order valence-electron chi connectivity index (χ3n) is 3.56. The Kier molecular flexibility index (Phi) is 3.89. The summed E-state index contributed by atoms with van der Waals surface area (Å²) < 4.78 is 12.9. The highest BCUT2D eigenvalue weighted by atomic mass is 19.1. The molecule has 23 heavy (non-hydrogen) atoms. The van der Waals surface area contributed by atoms with Gasteiger partial charge in [-0.25, -0.2) is 9.40 Å². The highest BCUT2D eigenvalue weighted by Crippen LogP contribution is 2.22. The molecule has 2 aromatic carbocycles. The number of aryl methyl sites for hydroxylation is 1. The lowest BCUT2D eigenvalue weighted by Gasteiger charge is -2.14. The maximum Gasteiger partial charge on any atom is 0.265 e. The second-order valence-electron chi connectivity index (χ2n) is 5.17. The van der Waals surface area contributed by atoms with Gasteiger partial charge in [-0.1, -0.05) is 18.2 Å². The molecule has 0 saturated carbocycles. The van der Waals surface area contributed by atoms with Gasteiger partial charge < -0.3 is 5.32 Å². The van der Waals surface area contributed by atoms with Crippen molar-refractivity contribution >= 4 is 29.4 Å². The first kappa shape index (κ1) is 14.9. The number of hydrazone groups is 1. The highest BCUT2D eigenvalue weighted by Gasteiger charge is 2.35. The van der Waals surface area contributed by atoms with Gasteiger partial charge in [0.2, 0.25) is 5.91 Å². The summed E-state index contributed by atoms with van der Waals surface area (Å²) in [5, 5.41) is 7.78. The van der Waals surface area contributed by atoms with Gasteiger partial charge in [0, 0.05) is 11.9 Å². The second kappa shape index (κ2) is 6.00. The average molecular weight is 311 g/mol. The van der Waals surface area contributed by atoms with Gasteiger partial charge in [-0.2, -0.15) is 5.10 Å². The van der Waals surface area contributed by atoms with Crippen molar-refractivity contribution in [3.8, 4) is 0 Å². The number of carbonyl (C=O) groups is 2. The molecule has 6 heteroatoms. The Hall–Kier alpha value is -3.02. The predicted octanol–water partition coefficient (Wildman–Crippen LogP) is 2.72. The Balaban J connectivity index is 1.74. The minimum absolute atomic E-state index is 0.404. The van der Waals surface area contributed by atoms with Gasteiger partial charge in [-0.05, 0) is 42.8 Å². The molecule has 3 rings (SSSR count). The molecule has 2 aromatic rings. The number of hydrogen-bond acceptors (Lipinski definition) is 3. The lowest BCUT2D eigenvalue weighted by atomic mass is 10.1. The number of para-hydroxylation sites is 1. The van der Waals surface area contributed by atoms with E-state index in [1.165, 1.54) is 30.5 Å². The molecule has 1 aliphatic rings. The first-order valence-corrected chi connectivity index (χ1v) is 7.06. The van der Waals surface area contributed by atoms with Crippen LogP contribution >= 0.6 is 0 Å². The number of rotatable bonds is 3. The van der Waals surface area contributed by atoms with Crippen LogP contribution in [-0.2, 0) is 9.59 Å². The summed E-state index contributed by atoms with van der Waals surface area (Å²) in [6.45, 7) is 1.87. The van der Waals surface area contributed by atoms with Crippen LogP contribution in [0, 0.1) is 18.7 Å². The molecule has 1 N–H and O–H groups in total. The van der Waals surface area contributed by atoms with Gasteiger partial charge in [0.25, 0.3) is 5.91 Å². The minimum Gasteiger partial charge on any atom is -0.325 e. The number of hydrogen-bond donors (Lipinski definition) is 1. The fraction of sp³-hybridized carbons (Fsp3) is 0.118. The number of benzene rings is 2. The van der Waals surface area contributed by atoms with Gasteiger partial charge in [0.15, 0.2) is 5.92 Å². The van der Waals surface area contributed by atoms with E-state index in [0.29, 0.717) is 11.4 Å². The van der Waals surface area contributed by atoms with Crippen molar-refractivity contribution in [2.24, 2.45) is 11.0 Å². The van der Waals surface area contributed by atoms with E-state index in [4.69, 9.17) is 0 Å². The summed E-state index contributed by atoms with van der Waals surface area (Å²) in [5.74, 6) is -2.32. The number of anilines is 2. The molecule has 0 radical (unpaired) electrons. The molecule has 1 atom stereocenters. The van der Waals surface area contributed by atoms with Gasteiger partial charge in [0.1, 0.15) is 5.82 Å². The number of carbonyl (C=O) groups excluding carboxylic acids is 2. The monoisotopic (exact) mass is 311 g/mol. The van der Waals surface area contributed by atoms with Crippen LogP contribution in [0.5, 0.6) is 0 Å². The highest BCUT2D eigenvalue weighted by molar-refractivity contribution is 6.23. The van der Waals surface area contributed by atoms with Crippen LogP contribution in [0.25, 0.3) is 0 Å². The van der Waals surface area contributed by atoms with Crippen LogP contribution in [0.15, 0.2) is 53.6 Å². The smallest absolute Gasteiger partial charge is 0.265 e. The molecule has 0 saturated heterocycles. The van der Waals surface area contributed by atoms with E-state index in [1.807, 2.05) is 19.1 Å². The van der Waals surface area contributed by atoms with E-state index in [1.54, 1.807) is 12.1 Å². The summed E-state index contributed by atoms with van der Waals surface area (Å²) in [6.07, 6.45) is 1.29. The average Bonchev–Trinajstić information content (AvgIpc) is 2.92. The summed E-state index contributed by atoms with van der Waals surface area (Å²) in [6, 6.07) is 12.6. The lowest BCUT2D eigenvalue weighted by molar-refractivity contribution is -0.127. The molecule has 1 aliphatic heterocycles. The molecular weight excluding hydrogens is 297 g/mol. The molecule has 1 unspecified atom stereocenters. The van der Waals surface area contributed by atoms with E-state index < -0.39 is 23.5 Å². The second-order valence-corrected chi connectivity index (χ2v) is 5.17. The largest absolute Gasteiger partial charge is 0.325 e. The maximum absolute atomic E-state index is 12.9. The van der Waals surface area contributed by atoms with Crippen molar-refractivity contribution in [2.75, 3.05) is 10.3 Å². The third-order valence-corrected chi connectivity index (χ3v) is 3.56. The number of nitrogens with one attached hydrogen (secondary N) is 1. The fourth-order valence-electron chi connectivity index (χ4n) is 2.27. The van der Waals surface area contributed by atoms with E-state index >= 15 is 0 Å². The van der Waals surface area contributed by atoms with Crippen molar-refractivity contribution in [3.63, 3.8) is 0 Å². The fourth-order valence-corrected chi connectivity index (χ4v) is 2.27. The van der Waals surface area contributed by atoms with Gasteiger partial charge in [-0.15, -0.1) is 0 Å². The first-order chi connectivity index (χ1) is 11.1. The van der Waals surface area contributed by atoms with Crippen LogP contribution in [0.4, 0.5) is 15.8 Å². The number of nitrogens with zero attached hydrogens (tertiary/aromatic N) is 2. The van der Waals surface area contributed by atoms with Crippen LogP contribution in [0.1, 0.15) is 5.56 Å². The van der Waals surface area contributed by atoms with Gasteiger partial charge >= 0.3 is 0 Å². The number of amides is 2. The van der Waals surface area contributed by atoms with Crippen LogP contribution in [-0.4, -0.2) is 18.0 Å². The molecule has 0 aromatic heterocycles. The zero-order valence-electron chi connectivity index (χ0n) is 12.4. The zero-order valence-corrected chi connectivity index (χ0v) is 12.4. The molecular formula is C17H14FN3O2. The first-order valence-electron chi connectivity index (χ1n) is 7.06. The van der Waals surface area contributed by atoms with E-state index in [0.717, 1.165) is 10.6 Å². The molecule has 2 amide bonds. The van der Waals surface area contributed by atoms with E-state index in [9.17, 15) is 14.0 Å². The Morgan fingerprint density at radius 2 is 1.87 bits per heavy atom. The Labute approximate surface area is 132 Å². The summed E-state index contributed by atoms with van der Waals surface area (Å²) in [7, 11) is 0. The minimum atomic E-state index is -1.00. The zero-order chi connectivity index (χ0) is 16.4. The Bertz CT molecular complexity index is 787. The molecule has 0 fully saturated rings. The Morgan fingerprint density at radius 1 is 1.17 bits per heavy atom. The predicted molar refractivity (Wildman–Crippen MR) is 85.7 cm³/mol. The lowest BCUT2D eigenvalue weighted by Crippen LogP contribution is -2.34. The van der Waals surface area contributed by atoms with Crippen molar-refractivity contribution in [1.82, 2.24) is 0 Å². The molecule has 5 nitrogen and oxygen atoms in total. The summed E-state index contributed by atoms with van der Waals surface area (Å²) in [5.41, 5.74) is 1.97. The molecule has 0 bridgehead atoms. The molecule has 0 spiro atoms. The molecule has 116 valence electrons. The molecule has 1 heterocycles. The normalized spacial score (nSPS) is 16.7. The molecule has 0 aliphatic carbocycles. The van der Waals surface area contributed by atoms with Crippen molar-refractivity contribution < 1.29 is 14.0 Å². The van der Waals surface area contributed by atoms with Crippen LogP contribution in [0.2, 0.25) is 0 Å². The summed E-state index contributed by atoms with van der Waals surface area (Å²) >= 11 is 0. The van der Waals surface area contributed by atoms with Gasteiger partial charge in [0.05, 0.1) is 5.69 Å². The van der Waals surface area contributed by atoms with Crippen molar-refractivity contribution in [3.05, 3.63) is 59.9 Å². The van der Waals surface area contributed by atoms with Gasteiger partial charge in [-0.3, -0.25) is 9.59 Å². The van der Waals surface area contributed by atoms with Crippen molar-refractivity contribution in [1.29, 1.82) is 0 Å². The number of halogens is 1. The quantitative estimate of drug-likeness (QED) is 0.886.